The summed E-state index contributed by atoms with van der Waals surface area (Å²) in [4.78, 5) is 14.4. The Morgan fingerprint density at radius 2 is 1.20 bits per heavy atom. The number of H-pyrrole nitrogens is 1. The van der Waals surface area contributed by atoms with Crippen LogP contribution in [0.15, 0.2) is 18.2 Å². The second-order valence-electron chi connectivity index (χ2n) is 10.8. The van der Waals surface area contributed by atoms with Crippen molar-refractivity contribution in [3.63, 3.8) is 0 Å². The summed E-state index contributed by atoms with van der Waals surface area (Å²) in [5.74, 6) is 0. The van der Waals surface area contributed by atoms with Crippen molar-refractivity contribution in [3.8, 4) is 0 Å². The number of hydrogen-bond acceptors (Lipinski definition) is 2. The Labute approximate surface area is 259 Å². The first-order chi connectivity index (χ1) is 19.5. The van der Waals surface area contributed by atoms with Crippen molar-refractivity contribution < 1.29 is 19.5 Å². The van der Waals surface area contributed by atoms with Gasteiger partial charge < -0.3 is 9.55 Å². The first-order valence-corrected chi connectivity index (χ1v) is 15.7. The van der Waals surface area contributed by atoms with Gasteiger partial charge in [0.2, 0.25) is 0 Å². The molecule has 3 aromatic rings. The summed E-state index contributed by atoms with van der Waals surface area (Å²) in [7, 11) is 0. The molecule has 0 saturated carbocycles. The molecule has 2 aliphatic heterocycles. The average molecular weight is 636 g/mol. The topological polar surface area (TPSA) is 46.5 Å². The molecule has 4 nitrogen and oxygen atoms in total. The van der Waals surface area contributed by atoms with Gasteiger partial charge in [0.05, 0.1) is 28.3 Å². The zero-order chi connectivity index (χ0) is 28.6. The molecule has 0 radical (unpaired) electrons. The minimum atomic E-state index is 0. The van der Waals surface area contributed by atoms with Crippen LogP contribution in [-0.2, 0) is 58.1 Å². The molecule has 0 unspecified atom stereocenters. The first kappa shape index (κ1) is 31.2. The quantitative estimate of drug-likeness (QED) is 0.196. The Hall–Kier alpha value is -2.78. The molecule has 0 spiro atoms. The molecule has 0 amide bonds. The minimum Gasteiger partial charge on any atom is -0.355 e. The SMILES string of the molecule is CCC1=C(CC)c2nc1c(CC)c1[nH]c(cc3nc(cc4c(CC)c(CC)c(c2CC)n4CC)C=C3)cc1CC.[Ru]. The average Bonchev–Trinajstić information content (AvgIpc) is 3.73. The van der Waals surface area contributed by atoms with Crippen LogP contribution in [0.5, 0.6) is 0 Å². The van der Waals surface area contributed by atoms with Crippen molar-refractivity contribution >= 4 is 45.4 Å². The van der Waals surface area contributed by atoms with Gasteiger partial charge in [0.15, 0.2) is 0 Å². The second-order valence-corrected chi connectivity index (χ2v) is 10.8. The zero-order valence-corrected chi connectivity index (χ0v) is 28.0. The molecule has 3 aromatic heterocycles. The smallest absolute Gasteiger partial charge is 0.0725 e. The van der Waals surface area contributed by atoms with E-state index in [0.29, 0.717) is 0 Å². The molecule has 2 aliphatic rings. The monoisotopic (exact) mass is 636 g/mol. The molecule has 0 atom stereocenters. The molecular weight excluding hydrogens is 589 g/mol. The van der Waals surface area contributed by atoms with Crippen LogP contribution in [-0.4, -0.2) is 19.5 Å². The minimum absolute atomic E-state index is 0. The van der Waals surface area contributed by atoms with Gasteiger partial charge in [-0.15, -0.1) is 0 Å². The molecule has 0 fully saturated rings. The van der Waals surface area contributed by atoms with Crippen molar-refractivity contribution in [2.75, 3.05) is 0 Å². The summed E-state index contributed by atoms with van der Waals surface area (Å²) in [5, 5.41) is 0. The fraction of sp³-hybridized carbons (Fsp3) is 0.444. The van der Waals surface area contributed by atoms with E-state index >= 15 is 0 Å². The molecular formula is C36H46N4Ru. The van der Waals surface area contributed by atoms with Gasteiger partial charge in [0.1, 0.15) is 0 Å². The summed E-state index contributed by atoms with van der Waals surface area (Å²) >= 11 is 0. The Kier molecular flexibility index (Phi) is 9.90. The Balaban J connectivity index is 0.00000387. The third-order valence-corrected chi connectivity index (χ3v) is 8.85. The van der Waals surface area contributed by atoms with E-state index in [1.807, 2.05) is 0 Å². The number of aryl methyl sites for hydroxylation is 6. The number of aromatic nitrogens is 4. The fourth-order valence-electron chi connectivity index (χ4n) is 7.06. The van der Waals surface area contributed by atoms with E-state index in [1.54, 1.807) is 0 Å². The van der Waals surface area contributed by atoms with Gasteiger partial charge in [-0.05, 0) is 110 Å². The predicted octanol–water partition coefficient (Wildman–Crippen LogP) is 9.52. The van der Waals surface area contributed by atoms with E-state index in [1.165, 1.54) is 66.9 Å². The summed E-state index contributed by atoms with van der Waals surface area (Å²) in [6, 6.07) is 6.80. The largest absolute Gasteiger partial charge is 0.355 e. The van der Waals surface area contributed by atoms with Crippen LogP contribution < -0.4 is 0 Å². The van der Waals surface area contributed by atoms with Gasteiger partial charge in [-0.3, -0.25) is 0 Å². The van der Waals surface area contributed by atoms with Crippen LogP contribution >= 0.6 is 0 Å². The maximum absolute atomic E-state index is 5.61. The van der Waals surface area contributed by atoms with Crippen molar-refractivity contribution in [2.45, 2.75) is 107 Å². The fourth-order valence-corrected chi connectivity index (χ4v) is 7.06. The van der Waals surface area contributed by atoms with Crippen molar-refractivity contribution in [1.29, 1.82) is 0 Å². The number of allylic oxidation sites excluding steroid dienone is 2. The Morgan fingerprint density at radius 1 is 0.610 bits per heavy atom. The number of hydrogen-bond donors (Lipinski definition) is 1. The molecule has 5 rings (SSSR count). The second kappa shape index (κ2) is 13.0. The Morgan fingerprint density at radius 3 is 1.73 bits per heavy atom. The van der Waals surface area contributed by atoms with Gasteiger partial charge in [0.25, 0.3) is 0 Å². The number of nitrogens with zero attached hydrogens (tertiary/aromatic N) is 3. The maximum Gasteiger partial charge on any atom is 0.0725 e. The van der Waals surface area contributed by atoms with Crippen molar-refractivity contribution in [1.82, 2.24) is 19.5 Å². The van der Waals surface area contributed by atoms with Gasteiger partial charge in [-0.2, -0.15) is 0 Å². The molecule has 218 valence electrons. The summed E-state index contributed by atoms with van der Waals surface area (Å²) in [6.45, 7) is 19.2. The predicted molar refractivity (Wildman–Crippen MR) is 174 cm³/mol. The maximum atomic E-state index is 5.61. The number of fused-ring (bicyclic) bond motifs is 8. The van der Waals surface area contributed by atoms with Crippen LogP contribution in [0, 0.1) is 0 Å². The van der Waals surface area contributed by atoms with E-state index in [-0.39, 0.29) is 19.5 Å². The normalized spacial score (nSPS) is 12.8. The third kappa shape index (κ3) is 5.20. The van der Waals surface area contributed by atoms with Crippen LogP contribution in [0.1, 0.15) is 119 Å². The molecule has 5 heteroatoms. The number of rotatable bonds is 8. The van der Waals surface area contributed by atoms with Crippen molar-refractivity contribution in [2.24, 2.45) is 0 Å². The molecule has 41 heavy (non-hydrogen) atoms. The van der Waals surface area contributed by atoms with E-state index in [4.69, 9.17) is 9.97 Å². The van der Waals surface area contributed by atoms with Gasteiger partial charge >= 0.3 is 0 Å². The van der Waals surface area contributed by atoms with Crippen LogP contribution in [0.2, 0.25) is 0 Å². The van der Waals surface area contributed by atoms with Crippen LogP contribution in [0.25, 0.3) is 45.4 Å². The Bertz CT molecular complexity index is 1680. The zero-order valence-electron chi connectivity index (χ0n) is 26.2. The van der Waals surface area contributed by atoms with E-state index < -0.39 is 0 Å². The first-order valence-electron chi connectivity index (χ1n) is 15.7. The molecule has 0 saturated heterocycles. The number of aromatic amines is 1. The molecule has 0 aliphatic carbocycles. The molecule has 5 heterocycles. The van der Waals surface area contributed by atoms with Gasteiger partial charge in [0, 0.05) is 53.7 Å². The molecule has 8 bridgehead atoms. The molecule has 0 aromatic carbocycles. The summed E-state index contributed by atoms with van der Waals surface area (Å²) < 4.78 is 2.55. The standard InChI is InChI=1S/C36H46N4.Ru/c1-9-22-19-25-20-23-17-18-24(37-23)21-32-26(10-2)29(13-5)36(40(32)16-8)31(15-7)35-28(12-4)27(11-3)34(39-35)30(14-6)33(22)38-25;/h17-21,38H,9-16H2,1-8H3;. The van der Waals surface area contributed by atoms with Crippen molar-refractivity contribution in [3.05, 3.63) is 68.8 Å². The van der Waals surface area contributed by atoms with Crippen LogP contribution in [0.3, 0.4) is 0 Å². The van der Waals surface area contributed by atoms with Gasteiger partial charge in [-0.1, -0.05) is 48.5 Å². The number of nitrogens with one attached hydrogen (secondary N) is 1. The van der Waals surface area contributed by atoms with Gasteiger partial charge in [-0.25, -0.2) is 9.97 Å². The van der Waals surface area contributed by atoms with E-state index in [0.717, 1.165) is 68.4 Å². The third-order valence-electron chi connectivity index (χ3n) is 8.85. The van der Waals surface area contributed by atoms with Crippen LogP contribution in [0.4, 0.5) is 0 Å². The summed E-state index contributed by atoms with van der Waals surface area (Å²) in [6.07, 6.45) is 11.2. The van der Waals surface area contributed by atoms with E-state index in [2.05, 4.69) is 95.3 Å². The summed E-state index contributed by atoms with van der Waals surface area (Å²) in [5.41, 5.74) is 19.3. The molecule has 1 N–H and O–H groups in total. The van der Waals surface area contributed by atoms with E-state index in [9.17, 15) is 0 Å².